The lowest BCUT2D eigenvalue weighted by Crippen LogP contribution is -2.40. The quantitative estimate of drug-likeness (QED) is 0.745. The van der Waals surface area contributed by atoms with Crippen molar-refractivity contribution in [1.82, 2.24) is 19.9 Å². The summed E-state index contributed by atoms with van der Waals surface area (Å²) in [5.74, 6) is 1.15. The number of carbonyl (C=O) groups is 1. The van der Waals surface area contributed by atoms with Gasteiger partial charge in [-0.1, -0.05) is 16.9 Å². The van der Waals surface area contributed by atoms with Crippen molar-refractivity contribution in [3.05, 3.63) is 23.0 Å². The van der Waals surface area contributed by atoms with Gasteiger partial charge in [-0.2, -0.15) is 0 Å². The van der Waals surface area contributed by atoms with Gasteiger partial charge >= 0.3 is 0 Å². The van der Waals surface area contributed by atoms with Crippen molar-refractivity contribution in [1.29, 1.82) is 0 Å². The number of aromatic nitrogens is 3. The summed E-state index contributed by atoms with van der Waals surface area (Å²) in [6, 6.07) is 0. The van der Waals surface area contributed by atoms with Gasteiger partial charge in [-0.25, -0.2) is 4.68 Å². The number of ether oxygens (including phenoxy) is 1. The Kier molecular flexibility index (Phi) is 4.88. The SMILES string of the molecule is COC[C@H]1CN(C(=O)CC2=CCCCC2)Cc2nnn(CC3CC3)c21. The minimum Gasteiger partial charge on any atom is -0.384 e. The lowest BCUT2D eigenvalue weighted by Gasteiger charge is -2.32. The minimum absolute atomic E-state index is 0.173. The number of hydrogen-bond acceptors (Lipinski definition) is 4. The van der Waals surface area contributed by atoms with Gasteiger partial charge in [0.05, 0.1) is 18.8 Å². The molecule has 1 atom stereocenters. The van der Waals surface area contributed by atoms with Gasteiger partial charge in [0, 0.05) is 32.5 Å². The Labute approximate surface area is 149 Å². The van der Waals surface area contributed by atoms with E-state index >= 15 is 0 Å². The molecule has 0 N–H and O–H groups in total. The van der Waals surface area contributed by atoms with Gasteiger partial charge < -0.3 is 9.64 Å². The summed E-state index contributed by atoms with van der Waals surface area (Å²) in [6.45, 7) is 2.87. The zero-order valence-electron chi connectivity index (χ0n) is 15.1. The number of nitrogens with zero attached hydrogens (tertiary/aromatic N) is 4. The Bertz CT molecular complexity index is 662. The predicted octanol–water partition coefficient (Wildman–Crippen LogP) is 2.65. The topological polar surface area (TPSA) is 60.2 Å². The van der Waals surface area contributed by atoms with Gasteiger partial charge in [0.25, 0.3) is 0 Å². The molecule has 136 valence electrons. The van der Waals surface area contributed by atoms with Crippen LogP contribution in [-0.4, -0.2) is 46.1 Å². The Morgan fingerprint density at radius 1 is 1.36 bits per heavy atom. The van der Waals surface area contributed by atoms with Crippen LogP contribution in [-0.2, 0) is 22.6 Å². The maximum Gasteiger partial charge on any atom is 0.227 e. The molecule has 1 aromatic heterocycles. The lowest BCUT2D eigenvalue weighted by molar-refractivity contribution is -0.132. The van der Waals surface area contributed by atoms with Crippen LogP contribution >= 0.6 is 0 Å². The first-order valence-electron chi connectivity index (χ1n) is 9.61. The van der Waals surface area contributed by atoms with Gasteiger partial charge in [-0.05, 0) is 44.4 Å². The van der Waals surface area contributed by atoms with E-state index < -0.39 is 0 Å². The predicted molar refractivity (Wildman–Crippen MR) is 93.9 cm³/mol. The third-order valence-electron chi connectivity index (χ3n) is 5.63. The molecule has 0 bridgehead atoms. The van der Waals surface area contributed by atoms with E-state index in [1.807, 2.05) is 4.90 Å². The first kappa shape index (κ1) is 16.8. The fourth-order valence-electron chi connectivity index (χ4n) is 4.09. The van der Waals surface area contributed by atoms with Crippen molar-refractivity contribution < 1.29 is 9.53 Å². The Hall–Kier alpha value is -1.69. The lowest BCUT2D eigenvalue weighted by atomic mass is 9.95. The summed E-state index contributed by atoms with van der Waals surface area (Å²) < 4.78 is 7.51. The maximum atomic E-state index is 12.8. The molecule has 0 unspecified atom stereocenters. The average Bonchev–Trinajstić information content (AvgIpc) is 3.34. The van der Waals surface area contributed by atoms with Crippen LogP contribution in [0.25, 0.3) is 0 Å². The van der Waals surface area contributed by atoms with E-state index in [0.717, 1.165) is 31.0 Å². The van der Waals surface area contributed by atoms with Gasteiger partial charge in [-0.15, -0.1) is 5.10 Å². The summed E-state index contributed by atoms with van der Waals surface area (Å²) in [7, 11) is 1.72. The first-order chi connectivity index (χ1) is 12.2. The van der Waals surface area contributed by atoms with Crippen molar-refractivity contribution in [2.24, 2.45) is 5.92 Å². The molecule has 4 rings (SSSR count). The highest BCUT2D eigenvalue weighted by atomic mass is 16.5. The van der Waals surface area contributed by atoms with Crippen LogP contribution in [0.1, 0.15) is 62.3 Å². The fraction of sp³-hybridized carbons (Fsp3) is 0.737. The van der Waals surface area contributed by atoms with Crippen LogP contribution < -0.4 is 0 Å². The highest BCUT2D eigenvalue weighted by Gasteiger charge is 2.34. The average molecular weight is 344 g/mol. The van der Waals surface area contributed by atoms with Crippen molar-refractivity contribution in [3.63, 3.8) is 0 Å². The van der Waals surface area contributed by atoms with Gasteiger partial charge in [-0.3, -0.25) is 4.79 Å². The van der Waals surface area contributed by atoms with Crippen LogP contribution in [0.15, 0.2) is 11.6 Å². The second kappa shape index (κ2) is 7.28. The van der Waals surface area contributed by atoms with E-state index in [1.54, 1.807) is 7.11 Å². The molecule has 2 heterocycles. The van der Waals surface area contributed by atoms with E-state index in [0.29, 0.717) is 26.1 Å². The van der Waals surface area contributed by atoms with Crippen molar-refractivity contribution in [2.75, 3.05) is 20.3 Å². The highest BCUT2D eigenvalue weighted by molar-refractivity contribution is 5.79. The minimum atomic E-state index is 0.173. The Morgan fingerprint density at radius 2 is 2.24 bits per heavy atom. The monoisotopic (exact) mass is 344 g/mol. The second-order valence-corrected chi connectivity index (χ2v) is 7.76. The first-order valence-corrected chi connectivity index (χ1v) is 9.61. The molecule has 2 aliphatic carbocycles. The number of allylic oxidation sites excluding steroid dienone is 1. The Balaban J connectivity index is 1.49. The van der Waals surface area contributed by atoms with Crippen molar-refractivity contribution in [3.8, 4) is 0 Å². The third-order valence-corrected chi connectivity index (χ3v) is 5.63. The van der Waals surface area contributed by atoms with Gasteiger partial charge in [0.1, 0.15) is 5.69 Å². The van der Waals surface area contributed by atoms with Gasteiger partial charge in [0.15, 0.2) is 0 Å². The maximum absolute atomic E-state index is 12.8. The molecule has 25 heavy (non-hydrogen) atoms. The molecular weight excluding hydrogens is 316 g/mol. The molecule has 0 radical (unpaired) electrons. The highest BCUT2D eigenvalue weighted by Crippen LogP contribution is 2.34. The van der Waals surface area contributed by atoms with Crippen molar-refractivity contribution in [2.45, 2.75) is 64.0 Å². The summed E-state index contributed by atoms with van der Waals surface area (Å²) in [5, 5.41) is 8.78. The zero-order chi connectivity index (χ0) is 17.2. The van der Waals surface area contributed by atoms with E-state index in [1.165, 1.54) is 37.0 Å². The number of methoxy groups -OCH3 is 1. The molecule has 1 aromatic rings. The molecule has 0 spiro atoms. The molecule has 1 aliphatic heterocycles. The molecule has 0 saturated heterocycles. The van der Waals surface area contributed by atoms with E-state index in [-0.39, 0.29) is 11.8 Å². The molecule has 6 heteroatoms. The van der Waals surface area contributed by atoms with Gasteiger partial charge in [0.2, 0.25) is 5.91 Å². The summed E-state index contributed by atoms with van der Waals surface area (Å²) in [4.78, 5) is 14.8. The molecule has 1 fully saturated rings. The fourth-order valence-corrected chi connectivity index (χ4v) is 4.09. The summed E-state index contributed by atoms with van der Waals surface area (Å²) in [6.07, 6.45) is 10.1. The molecule has 6 nitrogen and oxygen atoms in total. The molecular formula is C19H28N4O2. The third kappa shape index (κ3) is 3.78. The number of rotatable bonds is 6. The number of amides is 1. The molecule has 3 aliphatic rings. The van der Waals surface area contributed by atoms with Crippen LogP contribution in [0.5, 0.6) is 0 Å². The van der Waals surface area contributed by atoms with E-state index in [4.69, 9.17) is 4.74 Å². The van der Waals surface area contributed by atoms with Crippen molar-refractivity contribution >= 4 is 5.91 Å². The van der Waals surface area contributed by atoms with Crippen LogP contribution in [0, 0.1) is 5.92 Å². The largest absolute Gasteiger partial charge is 0.384 e. The molecule has 1 saturated carbocycles. The number of fused-ring (bicyclic) bond motifs is 1. The van der Waals surface area contributed by atoms with Crippen LogP contribution in [0.4, 0.5) is 0 Å². The molecule has 1 amide bonds. The normalized spacial score (nSPS) is 23.3. The molecule has 0 aromatic carbocycles. The van der Waals surface area contributed by atoms with Crippen LogP contribution in [0.2, 0.25) is 0 Å². The standard InChI is InChI=1S/C19H28N4O2/c1-25-13-16-11-22(18(24)9-14-5-3-2-4-6-14)12-17-19(16)23(21-20-17)10-15-7-8-15/h5,15-16H,2-4,6-13H2,1H3/t16-/m1/s1. The Morgan fingerprint density at radius 3 is 2.96 bits per heavy atom. The smallest absolute Gasteiger partial charge is 0.227 e. The summed E-state index contributed by atoms with van der Waals surface area (Å²) in [5.41, 5.74) is 3.46. The van der Waals surface area contributed by atoms with Crippen LogP contribution in [0.3, 0.4) is 0 Å². The van der Waals surface area contributed by atoms with E-state index in [2.05, 4.69) is 21.1 Å². The van der Waals surface area contributed by atoms with E-state index in [9.17, 15) is 4.79 Å². The number of hydrogen-bond donors (Lipinski definition) is 0. The zero-order valence-corrected chi connectivity index (χ0v) is 15.1. The summed E-state index contributed by atoms with van der Waals surface area (Å²) >= 11 is 0. The number of carbonyl (C=O) groups excluding carboxylic acids is 1. The second-order valence-electron chi connectivity index (χ2n) is 7.76.